The molecule has 0 aliphatic carbocycles. The number of para-hydroxylation sites is 1. The van der Waals surface area contributed by atoms with Crippen molar-refractivity contribution in [3.05, 3.63) is 72.2 Å². The zero-order valence-corrected chi connectivity index (χ0v) is 19.2. The largest absolute Gasteiger partial charge is 0.345 e. The number of aromatic amines is 1. The lowest BCUT2D eigenvalue weighted by atomic mass is 9.98. The van der Waals surface area contributed by atoms with Gasteiger partial charge in [0.25, 0.3) is 5.91 Å². The molecular weight excluding hydrogens is 430 g/mol. The van der Waals surface area contributed by atoms with Gasteiger partial charge in [0.2, 0.25) is 11.8 Å². The molecule has 1 aromatic heterocycles. The topological polar surface area (TPSA) is 98.4 Å². The molecule has 1 saturated heterocycles. The molecule has 0 spiro atoms. The molecule has 1 fully saturated rings. The fourth-order valence-corrected chi connectivity index (χ4v) is 4.97. The zero-order valence-electron chi connectivity index (χ0n) is 19.2. The number of amides is 3. The molecule has 3 aromatic rings. The first kappa shape index (κ1) is 21.9. The standard InChI is InChI=1S/C26H27N5O3/c1-3-19(24-27-15-20(29-24)17-9-5-4-6-10-17)28-22(32)16-30-25(34)18-11-7-8-12-21(18)31-23(33)13-14-26(30,31)2/h4-12,15,19H,3,13-14,16H2,1-2H3,(H,27,29)(H,28,32). The number of fused-ring (bicyclic) bond motifs is 3. The van der Waals surface area contributed by atoms with Crippen LogP contribution in [0.3, 0.4) is 0 Å². The number of hydrogen-bond donors (Lipinski definition) is 2. The smallest absolute Gasteiger partial charge is 0.258 e. The summed E-state index contributed by atoms with van der Waals surface area (Å²) in [6, 6.07) is 16.6. The Morgan fingerprint density at radius 3 is 2.65 bits per heavy atom. The number of benzene rings is 2. The van der Waals surface area contributed by atoms with E-state index >= 15 is 0 Å². The summed E-state index contributed by atoms with van der Waals surface area (Å²) in [6.45, 7) is 3.68. The molecule has 0 saturated carbocycles. The lowest BCUT2D eigenvalue weighted by molar-refractivity contribution is -0.124. The second-order valence-corrected chi connectivity index (χ2v) is 8.93. The van der Waals surface area contributed by atoms with E-state index in [1.165, 1.54) is 4.90 Å². The number of nitrogens with zero attached hydrogens (tertiary/aromatic N) is 3. The van der Waals surface area contributed by atoms with Crippen molar-refractivity contribution < 1.29 is 14.4 Å². The molecule has 0 bridgehead atoms. The number of nitrogens with one attached hydrogen (secondary N) is 2. The Morgan fingerprint density at radius 1 is 1.15 bits per heavy atom. The molecule has 5 rings (SSSR count). The summed E-state index contributed by atoms with van der Waals surface area (Å²) in [6.07, 6.45) is 3.21. The number of imidazole rings is 1. The first-order valence-electron chi connectivity index (χ1n) is 11.6. The molecule has 174 valence electrons. The molecule has 0 radical (unpaired) electrons. The van der Waals surface area contributed by atoms with E-state index in [9.17, 15) is 14.4 Å². The van der Waals surface area contributed by atoms with Crippen molar-refractivity contribution in [3.8, 4) is 11.3 Å². The predicted molar refractivity (Wildman–Crippen MR) is 128 cm³/mol. The van der Waals surface area contributed by atoms with Crippen molar-refractivity contribution in [1.29, 1.82) is 0 Å². The molecule has 2 aromatic carbocycles. The quantitative estimate of drug-likeness (QED) is 0.590. The zero-order chi connectivity index (χ0) is 23.9. The van der Waals surface area contributed by atoms with Crippen molar-refractivity contribution in [2.24, 2.45) is 0 Å². The van der Waals surface area contributed by atoms with Crippen molar-refractivity contribution in [3.63, 3.8) is 0 Å². The second kappa shape index (κ2) is 8.44. The third-order valence-corrected chi connectivity index (χ3v) is 6.80. The molecule has 2 unspecified atom stereocenters. The first-order chi connectivity index (χ1) is 16.4. The third kappa shape index (κ3) is 3.55. The van der Waals surface area contributed by atoms with E-state index in [1.807, 2.05) is 50.2 Å². The van der Waals surface area contributed by atoms with Gasteiger partial charge in [0, 0.05) is 6.42 Å². The number of aromatic nitrogens is 2. The highest BCUT2D eigenvalue weighted by Crippen LogP contribution is 2.43. The van der Waals surface area contributed by atoms with Crippen LogP contribution in [0, 0.1) is 0 Å². The summed E-state index contributed by atoms with van der Waals surface area (Å²) >= 11 is 0. The van der Waals surface area contributed by atoms with E-state index in [-0.39, 0.29) is 30.3 Å². The SMILES string of the molecule is CCC(NC(=O)CN1C(=O)c2ccccc2N2C(=O)CCC12C)c1ncc(-c2ccccc2)[nH]1. The Hall–Kier alpha value is -3.94. The van der Waals surface area contributed by atoms with Gasteiger partial charge in [-0.2, -0.15) is 0 Å². The Kier molecular flexibility index (Phi) is 5.43. The van der Waals surface area contributed by atoms with E-state index in [4.69, 9.17) is 0 Å². The van der Waals surface area contributed by atoms with Gasteiger partial charge in [0.05, 0.1) is 29.2 Å². The average molecular weight is 458 g/mol. The number of H-pyrrole nitrogens is 1. The molecule has 2 aliphatic heterocycles. The van der Waals surface area contributed by atoms with Gasteiger partial charge in [0.15, 0.2) is 0 Å². The van der Waals surface area contributed by atoms with Crippen LogP contribution in [0.25, 0.3) is 11.3 Å². The van der Waals surface area contributed by atoms with Crippen LogP contribution in [0.1, 0.15) is 55.3 Å². The van der Waals surface area contributed by atoms with Crippen LogP contribution in [-0.2, 0) is 9.59 Å². The third-order valence-electron chi connectivity index (χ3n) is 6.80. The lowest BCUT2D eigenvalue weighted by Gasteiger charge is -2.48. The molecule has 3 amide bonds. The highest BCUT2D eigenvalue weighted by Gasteiger charge is 2.53. The highest BCUT2D eigenvalue weighted by molar-refractivity contribution is 6.11. The average Bonchev–Trinajstić information content (AvgIpc) is 3.46. The van der Waals surface area contributed by atoms with E-state index in [2.05, 4.69) is 15.3 Å². The minimum Gasteiger partial charge on any atom is -0.345 e. The van der Waals surface area contributed by atoms with Gasteiger partial charge >= 0.3 is 0 Å². The second-order valence-electron chi connectivity index (χ2n) is 8.93. The summed E-state index contributed by atoms with van der Waals surface area (Å²) < 4.78 is 0. The lowest BCUT2D eigenvalue weighted by Crippen LogP contribution is -2.63. The van der Waals surface area contributed by atoms with Gasteiger partial charge < -0.3 is 15.2 Å². The summed E-state index contributed by atoms with van der Waals surface area (Å²) in [5, 5.41) is 3.02. The van der Waals surface area contributed by atoms with Gasteiger partial charge in [-0.05, 0) is 37.5 Å². The van der Waals surface area contributed by atoms with Crippen LogP contribution in [-0.4, -0.2) is 44.8 Å². The predicted octanol–water partition coefficient (Wildman–Crippen LogP) is 3.64. The van der Waals surface area contributed by atoms with Crippen LogP contribution in [0.15, 0.2) is 60.8 Å². The summed E-state index contributed by atoms with van der Waals surface area (Å²) in [4.78, 5) is 50.2. The molecule has 8 nitrogen and oxygen atoms in total. The van der Waals surface area contributed by atoms with Crippen LogP contribution < -0.4 is 10.2 Å². The maximum atomic E-state index is 13.4. The Morgan fingerprint density at radius 2 is 1.88 bits per heavy atom. The number of carbonyl (C=O) groups excluding carboxylic acids is 3. The van der Waals surface area contributed by atoms with Crippen molar-refractivity contribution >= 4 is 23.4 Å². The van der Waals surface area contributed by atoms with E-state index in [0.717, 1.165) is 11.3 Å². The minimum absolute atomic E-state index is 0.0386. The highest BCUT2D eigenvalue weighted by atomic mass is 16.2. The number of hydrogen-bond acceptors (Lipinski definition) is 4. The minimum atomic E-state index is -0.868. The monoisotopic (exact) mass is 457 g/mol. The fourth-order valence-electron chi connectivity index (χ4n) is 4.97. The first-order valence-corrected chi connectivity index (χ1v) is 11.6. The van der Waals surface area contributed by atoms with Gasteiger partial charge in [-0.15, -0.1) is 0 Å². The molecule has 2 aliphatic rings. The Labute approximate surface area is 198 Å². The summed E-state index contributed by atoms with van der Waals surface area (Å²) in [5.74, 6) is 0.0894. The Balaban J connectivity index is 1.36. The van der Waals surface area contributed by atoms with Crippen LogP contribution in [0.5, 0.6) is 0 Å². The van der Waals surface area contributed by atoms with Crippen molar-refractivity contribution in [1.82, 2.24) is 20.2 Å². The van der Waals surface area contributed by atoms with Crippen LogP contribution in [0.4, 0.5) is 5.69 Å². The van der Waals surface area contributed by atoms with E-state index in [1.54, 1.807) is 29.3 Å². The van der Waals surface area contributed by atoms with Gasteiger partial charge in [-0.1, -0.05) is 49.4 Å². The molecule has 3 heterocycles. The van der Waals surface area contributed by atoms with Gasteiger partial charge in [-0.3, -0.25) is 19.3 Å². The van der Waals surface area contributed by atoms with Gasteiger partial charge in [0.1, 0.15) is 18.0 Å². The number of anilines is 1. The maximum Gasteiger partial charge on any atom is 0.258 e. The van der Waals surface area contributed by atoms with Crippen molar-refractivity contribution in [2.45, 2.75) is 44.8 Å². The molecule has 34 heavy (non-hydrogen) atoms. The van der Waals surface area contributed by atoms with Crippen LogP contribution >= 0.6 is 0 Å². The van der Waals surface area contributed by atoms with E-state index < -0.39 is 5.66 Å². The van der Waals surface area contributed by atoms with Gasteiger partial charge in [-0.25, -0.2) is 4.98 Å². The summed E-state index contributed by atoms with van der Waals surface area (Å²) in [5.41, 5.74) is 2.07. The normalized spacial score (nSPS) is 20.2. The van der Waals surface area contributed by atoms with Crippen molar-refractivity contribution in [2.75, 3.05) is 11.4 Å². The molecule has 2 N–H and O–H groups in total. The van der Waals surface area contributed by atoms with E-state index in [0.29, 0.717) is 36.3 Å². The number of rotatable bonds is 6. The molecule has 8 heteroatoms. The Bertz CT molecular complexity index is 1250. The van der Waals surface area contributed by atoms with Crippen LogP contribution in [0.2, 0.25) is 0 Å². The maximum absolute atomic E-state index is 13.4. The summed E-state index contributed by atoms with van der Waals surface area (Å²) in [7, 11) is 0. The molecular formula is C26H27N5O3. The number of carbonyl (C=O) groups is 3. The fraction of sp³-hybridized carbons (Fsp3) is 0.308. The molecule has 2 atom stereocenters.